The normalized spacial score (nSPS) is 17.0. The number of rotatable bonds is 5. The molecule has 0 amide bonds. The Labute approximate surface area is 183 Å². The van der Waals surface area contributed by atoms with Gasteiger partial charge in [-0.3, -0.25) is 4.90 Å². The molecule has 1 atom stereocenters. The van der Waals surface area contributed by atoms with Gasteiger partial charge in [0.05, 0.1) is 10.9 Å². The molecular formula is C23H28N4O3S. The molecule has 1 saturated heterocycles. The lowest BCUT2D eigenvalue weighted by molar-refractivity contribution is 0.129. The molecule has 0 N–H and O–H groups in total. The highest BCUT2D eigenvalue weighted by molar-refractivity contribution is 7.89. The molecule has 0 radical (unpaired) electrons. The van der Waals surface area contributed by atoms with Crippen LogP contribution in [0, 0.1) is 20.8 Å². The van der Waals surface area contributed by atoms with Crippen LogP contribution in [0.1, 0.15) is 35.5 Å². The van der Waals surface area contributed by atoms with Gasteiger partial charge in [0.25, 0.3) is 0 Å². The van der Waals surface area contributed by atoms with Crippen molar-refractivity contribution in [3.63, 3.8) is 0 Å². The number of sulfonamides is 1. The highest BCUT2D eigenvalue weighted by Gasteiger charge is 2.33. The summed E-state index contributed by atoms with van der Waals surface area (Å²) in [6.45, 7) is 9.80. The van der Waals surface area contributed by atoms with Crippen molar-refractivity contribution < 1.29 is 12.8 Å². The minimum atomic E-state index is -3.53. The Morgan fingerprint density at radius 1 is 0.935 bits per heavy atom. The van der Waals surface area contributed by atoms with Crippen molar-refractivity contribution in [3.8, 4) is 11.5 Å². The van der Waals surface area contributed by atoms with E-state index in [1.807, 2.05) is 70.2 Å². The largest absolute Gasteiger partial charge is 0.419 e. The summed E-state index contributed by atoms with van der Waals surface area (Å²) in [5.41, 5.74) is 3.55. The molecule has 2 heterocycles. The van der Waals surface area contributed by atoms with Crippen LogP contribution in [-0.2, 0) is 10.0 Å². The van der Waals surface area contributed by atoms with Gasteiger partial charge in [-0.1, -0.05) is 35.9 Å². The number of piperazine rings is 1. The molecule has 1 aliphatic heterocycles. The molecule has 164 valence electrons. The van der Waals surface area contributed by atoms with Crippen molar-refractivity contribution >= 4 is 10.0 Å². The van der Waals surface area contributed by atoms with E-state index < -0.39 is 10.0 Å². The zero-order valence-electron chi connectivity index (χ0n) is 18.4. The van der Waals surface area contributed by atoms with E-state index in [-0.39, 0.29) is 6.04 Å². The Balaban J connectivity index is 1.46. The van der Waals surface area contributed by atoms with Gasteiger partial charge < -0.3 is 4.42 Å². The highest BCUT2D eigenvalue weighted by atomic mass is 32.2. The summed E-state index contributed by atoms with van der Waals surface area (Å²) in [6.07, 6.45) is 0. The van der Waals surface area contributed by atoms with Crippen molar-refractivity contribution in [2.24, 2.45) is 0 Å². The van der Waals surface area contributed by atoms with E-state index in [9.17, 15) is 8.42 Å². The molecule has 0 spiro atoms. The molecule has 1 aliphatic rings. The summed E-state index contributed by atoms with van der Waals surface area (Å²) >= 11 is 0. The molecule has 7 nitrogen and oxygen atoms in total. The zero-order valence-corrected chi connectivity index (χ0v) is 19.2. The van der Waals surface area contributed by atoms with Crippen LogP contribution in [0.2, 0.25) is 0 Å². The van der Waals surface area contributed by atoms with Gasteiger partial charge in [0.15, 0.2) is 0 Å². The standard InChI is InChI=1S/C23H28N4O3S/c1-16-14-17(2)21(18(3)15-16)31(28,29)27-12-10-26(11-13-27)19(4)22-24-25-23(30-22)20-8-6-5-7-9-20/h5-9,14-15,19H,10-13H2,1-4H3/t19-/m0/s1. The Hall–Kier alpha value is -2.55. The van der Waals surface area contributed by atoms with Crippen LogP contribution in [0.4, 0.5) is 0 Å². The maximum absolute atomic E-state index is 13.3. The quantitative estimate of drug-likeness (QED) is 0.601. The first-order valence-corrected chi connectivity index (χ1v) is 11.9. The Morgan fingerprint density at radius 2 is 1.55 bits per heavy atom. The first-order valence-electron chi connectivity index (χ1n) is 10.5. The zero-order chi connectivity index (χ0) is 22.2. The monoisotopic (exact) mass is 440 g/mol. The van der Waals surface area contributed by atoms with Crippen LogP contribution >= 0.6 is 0 Å². The van der Waals surface area contributed by atoms with Gasteiger partial charge in [-0.25, -0.2) is 8.42 Å². The van der Waals surface area contributed by atoms with E-state index in [1.54, 1.807) is 4.31 Å². The van der Waals surface area contributed by atoms with Crippen molar-refractivity contribution in [2.45, 2.75) is 38.6 Å². The first kappa shape index (κ1) is 21.7. The third-order valence-corrected chi connectivity index (χ3v) is 8.05. The summed E-state index contributed by atoms with van der Waals surface area (Å²) in [5, 5.41) is 8.40. The van der Waals surface area contributed by atoms with E-state index in [1.165, 1.54) is 0 Å². The molecule has 1 aromatic heterocycles. The summed E-state index contributed by atoms with van der Waals surface area (Å²) in [7, 11) is -3.53. The van der Waals surface area contributed by atoms with Crippen molar-refractivity contribution in [2.75, 3.05) is 26.2 Å². The second-order valence-corrected chi connectivity index (χ2v) is 10.0. The summed E-state index contributed by atoms with van der Waals surface area (Å²) in [4.78, 5) is 2.62. The summed E-state index contributed by atoms with van der Waals surface area (Å²) < 4.78 is 34.1. The minimum Gasteiger partial charge on any atom is -0.419 e. The van der Waals surface area contributed by atoms with Crippen molar-refractivity contribution in [1.82, 2.24) is 19.4 Å². The third-order valence-electron chi connectivity index (χ3n) is 5.84. The molecule has 0 bridgehead atoms. The number of hydrogen-bond acceptors (Lipinski definition) is 6. The fraction of sp³-hybridized carbons (Fsp3) is 0.391. The SMILES string of the molecule is Cc1cc(C)c(S(=O)(=O)N2CCN([C@@H](C)c3nnc(-c4ccccc4)o3)CC2)c(C)c1. The molecular weight excluding hydrogens is 412 g/mol. The van der Waals surface area contributed by atoms with E-state index in [2.05, 4.69) is 15.1 Å². The summed E-state index contributed by atoms with van der Waals surface area (Å²) in [6, 6.07) is 13.4. The highest BCUT2D eigenvalue weighted by Crippen LogP contribution is 2.28. The molecule has 3 aromatic rings. The molecule has 8 heteroatoms. The van der Waals surface area contributed by atoms with Gasteiger partial charge in [-0.15, -0.1) is 10.2 Å². The second kappa shape index (κ2) is 8.53. The van der Waals surface area contributed by atoms with Crippen LogP contribution < -0.4 is 0 Å². The van der Waals surface area contributed by atoms with Crippen LogP contribution in [-0.4, -0.2) is 54.0 Å². The average Bonchev–Trinajstić information content (AvgIpc) is 3.23. The number of nitrogens with zero attached hydrogens (tertiary/aromatic N) is 4. The van der Waals surface area contributed by atoms with Gasteiger partial charge in [0, 0.05) is 31.7 Å². The molecule has 4 rings (SSSR count). The van der Waals surface area contributed by atoms with Crippen LogP contribution in [0.3, 0.4) is 0 Å². The fourth-order valence-corrected chi connectivity index (χ4v) is 6.12. The fourth-order valence-electron chi connectivity index (χ4n) is 4.29. The van der Waals surface area contributed by atoms with Crippen LogP contribution in [0.15, 0.2) is 51.8 Å². The number of aromatic nitrogens is 2. The second-order valence-electron chi connectivity index (χ2n) is 8.16. The van der Waals surface area contributed by atoms with Gasteiger partial charge >= 0.3 is 0 Å². The van der Waals surface area contributed by atoms with Crippen molar-refractivity contribution in [1.29, 1.82) is 0 Å². The summed E-state index contributed by atoms with van der Waals surface area (Å²) in [5.74, 6) is 1.04. The Kier molecular flexibility index (Phi) is 5.96. The lowest BCUT2D eigenvalue weighted by Gasteiger charge is -2.36. The lowest BCUT2D eigenvalue weighted by Crippen LogP contribution is -2.49. The van der Waals surface area contributed by atoms with E-state index in [4.69, 9.17) is 4.42 Å². The van der Waals surface area contributed by atoms with E-state index in [0.29, 0.717) is 42.9 Å². The topological polar surface area (TPSA) is 79.5 Å². The van der Waals surface area contributed by atoms with E-state index in [0.717, 1.165) is 22.3 Å². The maximum Gasteiger partial charge on any atom is 0.247 e. The van der Waals surface area contributed by atoms with Gasteiger partial charge in [0.2, 0.25) is 21.8 Å². The third kappa shape index (κ3) is 4.28. The van der Waals surface area contributed by atoms with E-state index >= 15 is 0 Å². The van der Waals surface area contributed by atoms with Crippen LogP contribution in [0.5, 0.6) is 0 Å². The lowest BCUT2D eigenvalue weighted by atomic mass is 10.1. The molecule has 0 saturated carbocycles. The number of benzene rings is 2. The minimum absolute atomic E-state index is 0.0855. The van der Waals surface area contributed by atoms with Gasteiger partial charge in [-0.05, 0) is 51.0 Å². The number of aryl methyl sites for hydroxylation is 3. The average molecular weight is 441 g/mol. The van der Waals surface area contributed by atoms with Gasteiger partial charge in [0.1, 0.15) is 0 Å². The molecule has 0 unspecified atom stereocenters. The van der Waals surface area contributed by atoms with Crippen molar-refractivity contribution in [3.05, 3.63) is 65.0 Å². The molecule has 2 aromatic carbocycles. The Morgan fingerprint density at radius 3 is 2.16 bits per heavy atom. The predicted octanol–water partition coefficient (Wildman–Crippen LogP) is 3.73. The smallest absolute Gasteiger partial charge is 0.247 e. The van der Waals surface area contributed by atoms with Gasteiger partial charge in [-0.2, -0.15) is 4.31 Å². The van der Waals surface area contributed by atoms with Crippen LogP contribution in [0.25, 0.3) is 11.5 Å². The molecule has 1 fully saturated rings. The Bertz CT molecular complexity index is 1140. The molecule has 31 heavy (non-hydrogen) atoms. The maximum atomic E-state index is 13.3. The predicted molar refractivity (Wildman–Crippen MR) is 119 cm³/mol. The number of hydrogen-bond donors (Lipinski definition) is 0. The first-order chi connectivity index (χ1) is 14.8. The molecule has 0 aliphatic carbocycles.